The van der Waals surface area contributed by atoms with Crippen molar-refractivity contribution in [3.63, 3.8) is 0 Å². The van der Waals surface area contributed by atoms with Gasteiger partial charge in [-0.05, 0) is 31.5 Å². The van der Waals surface area contributed by atoms with E-state index < -0.39 is 5.54 Å². The van der Waals surface area contributed by atoms with Crippen LogP contribution < -0.4 is 5.73 Å². The second kappa shape index (κ2) is 4.70. The maximum absolute atomic E-state index is 12.4. The standard InChI is InChI=1S/C15H16N2O/c1-11-8-9-12(10-17-11)14(18)15(2,16)13-6-4-3-5-7-13/h3-10H,16H2,1-2H3. The zero-order valence-electron chi connectivity index (χ0n) is 10.6. The molecule has 1 unspecified atom stereocenters. The summed E-state index contributed by atoms with van der Waals surface area (Å²) in [4.78, 5) is 16.5. The quantitative estimate of drug-likeness (QED) is 0.838. The number of nitrogens with two attached hydrogens (primary N) is 1. The number of pyridine rings is 1. The fraction of sp³-hybridized carbons (Fsp3) is 0.200. The summed E-state index contributed by atoms with van der Waals surface area (Å²) < 4.78 is 0. The summed E-state index contributed by atoms with van der Waals surface area (Å²) in [6, 6.07) is 13.0. The van der Waals surface area contributed by atoms with Gasteiger partial charge in [0.2, 0.25) is 0 Å². The van der Waals surface area contributed by atoms with Crippen LogP contribution in [-0.2, 0) is 5.54 Å². The highest BCUT2D eigenvalue weighted by atomic mass is 16.1. The Morgan fingerprint density at radius 1 is 1.17 bits per heavy atom. The Hall–Kier alpha value is -2.00. The fourth-order valence-corrected chi connectivity index (χ4v) is 1.82. The highest BCUT2D eigenvalue weighted by Crippen LogP contribution is 2.22. The minimum atomic E-state index is -1.03. The van der Waals surface area contributed by atoms with Gasteiger partial charge in [0.15, 0.2) is 5.78 Å². The second-order valence-electron chi connectivity index (χ2n) is 4.59. The molecule has 3 nitrogen and oxygen atoms in total. The van der Waals surface area contributed by atoms with E-state index in [2.05, 4.69) is 4.98 Å². The SMILES string of the molecule is Cc1ccc(C(=O)C(C)(N)c2ccccc2)cn1. The molecule has 3 heteroatoms. The first-order valence-electron chi connectivity index (χ1n) is 5.83. The van der Waals surface area contributed by atoms with Gasteiger partial charge in [0.25, 0.3) is 0 Å². The average Bonchev–Trinajstić information content (AvgIpc) is 2.40. The first kappa shape index (κ1) is 12.5. The lowest BCUT2D eigenvalue weighted by molar-refractivity contribution is 0.0899. The number of rotatable bonds is 3. The molecule has 0 saturated carbocycles. The van der Waals surface area contributed by atoms with Gasteiger partial charge in [-0.1, -0.05) is 30.3 Å². The van der Waals surface area contributed by atoms with E-state index in [-0.39, 0.29) is 5.78 Å². The molecule has 0 spiro atoms. The summed E-state index contributed by atoms with van der Waals surface area (Å²) in [6.07, 6.45) is 1.58. The Morgan fingerprint density at radius 3 is 2.39 bits per heavy atom. The highest BCUT2D eigenvalue weighted by Gasteiger charge is 2.31. The number of hydrogen-bond donors (Lipinski definition) is 1. The van der Waals surface area contributed by atoms with Gasteiger partial charge in [0.1, 0.15) is 5.54 Å². The number of hydrogen-bond acceptors (Lipinski definition) is 3. The predicted octanol–water partition coefficient (Wildman–Crippen LogP) is 2.45. The Labute approximate surface area is 107 Å². The Morgan fingerprint density at radius 2 is 1.83 bits per heavy atom. The molecule has 0 aliphatic heterocycles. The molecule has 0 saturated heterocycles. The molecule has 18 heavy (non-hydrogen) atoms. The van der Waals surface area contributed by atoms with Gasteiger partial charge in [-0.15, -0.1) is 0 Å². The summed E-state index contributed by atoms with van der Waals surface area (Å²) in [5, 5.41) is 0. The number of carbonyl (C=O) groups excluding carboxylic acids is 1. The molecule has 0 aliphatic rings. The molecule has 0 amide bonds. The molecule has 1 atom stereocenters. The van der Waals surface area contributed by atoms with Crippen molar-refractivity contribution in [2.75, 3.05) is 0 Å². The lowest BCUT2D eigenvalue weighted by Gasteiger charge is -2.23. The number of aryl methyl sites for hydroxylation is 1. The van der Waals surface area contributed by atoms with E-state index in [1.807, 2.05) is 43.3 Å². The third-order valence-corrected chi connectivity index (χ3v) is 3.02. The van der Waals surface area contributed by atoms with Gasteiger partial charge in [-0.25, -0.2) is 0 Å². The molecule has 92 valence electrons. The lowest BCUT2D eigenvalue weighted by Crippen LogP contribution is -2.41. The van der Waals surface area contributed by atoms with Crippen LogP contribution in [0.15, 0.2) is 48.7 Å². The smallest absolute Gasteiger partial charge is 0.188 e. The van der Waals surface area contributed by atoms with Crippen LogP contribution in [0.25, 0.3) is 0 Å². The second-order valence-corrected chi connectivity index (χ2v) is 4.59. The third kappa shape index (κ3) is 2.31. The lowest BCUT2D eigenvalue weighted by atomic mass is 9.86. The van der Waals surface area contributed by atoms with E-state index in [4.69, 9.17) is 5.73 Å². The van der Waals surface area contributed by atoms with Crippen LogP contribution in [0.1, 0.15) is 28.5 Å². The molecule has 1 aromatic carbocycles. The van der Waals surface area contributed by atoms with Crippen LogP contribution in [0.4, 0.5) is 0 Å². The van der Waals surface area contributed by atoms with E-state index in [0.29, 0.717) is 5.56 Å². The number of Topliss-reactive ketones (excluding diaryl/α,β-unsaturated/α-hetero) is 1. The van der Waals surface area contributed by atoms with Crippen molar-refractivity contribution in [3.05, 3.63) is 65.5 Å². The Bertz CT molecular complexity index is 544. The molecule has 0 radical (unpaired) electrons. The zero-order valence-corrected chi connectivity index (χ0v) is 10.6. The van der Waals surface area contributed by atoms with E-state index in [9.17, 15) is 4.79 Å². The minimum absolute atomic E-state index is 0.124. The third-order valence-electron chi connectivity index (χ3n) is 3.02. The maximum atomic E-state index is 12.4. The maximum Gasteiger partial charge on any atom is 0.188 e. The Balaban J connectivity index is 2.36. The van der Waals surface area contributed by atoms with Crippen molar-refractivity contribution in [2.45, 2.75) is 19.4 Å². The molecular weight excluding hydrogens is 224 g/mol. The van der Waals surface area contributed by atoms with Gasteiger partial charge >= 0.3 is 0 Å². The summed E-state index contributed by atoms with van der Waals surface area (Å²) in [6.45, 7) is 3.61. The van der Waals surface area contributed by atoms with E-state index in [1.54, 1.807) is 19.2 Å². The molecule has 2 rings (SSSR count). The summed E-state index contributed by atoms with van der Waals surface area (Å²) in [5.41, 5.74) is 7.36. The molecular formula is C15H16N2O. The topological polar surface area (TPSA) is 56.0 Å². The van der Waals surface area contributed by atoms with E-state index >= 15 is 0 Å². The van der Waals surface area contributed by atoms with Gasteiger partial charge in [-0.3, -0.25) is 9.78 Å². The van der Waals surface area contributed by atoms with Crippen LogP contribution in [0.3, 0.4) is 0 Å². The van der Waals surface area contributed by atoms with Crippen molar-refractivity contribution in [3.8, 4) is 0 Å². The van der Waals surface area contributed by atoms with Crippen molar-refractivity contribution >= 4 is 5.78 Å². The van der Waals surface area contributed by atoms with Gasteiger partial charge in [-0.2, -0.15) is 0 Å². The van der Waals surface area contributed by atoms with E-state index in [0.717, 1.165) is 11.3 Å². The predicted molar refractivity (Wildman–Crippen MR) is 71.3 cm³/mol. The summed E-state index contributed by atoms with van der Waals surface area (Å²) in [5.74, 6) is -0.124. The number of aromatic nitrogens is 1. The monoisotopic (exact) mass is 240 g/mol. The van der Waals surface area contributed by atoms with Crippen LogP contribution in [-0.4, -0.2) is 10.8 Å². The Kier molecular flexibility index (Phi) is 3.26. The van der Waals surface area contributed by atoms with Crippen LogP contribution in [0.2, 0.25) is 0 Å². The zero-order chi connectivity index (χ0) is 13.2. The molecule has 0 aliphatic carbocycles. The molecule has 2 aromatic rings. The van der Waals surface area contributed by atoms with Crippen molar-refractivity contribution in [1.29, 1.82) is 0 Å². The minimum Gasteiger partial charge on any atom is -0.315 e. The molecule has 2 N–H and O–H groups in total. The summed E-state index contributed by atoms with van der Waals surface area (Å²) >= 11 is 0. The molecule has 1 aromatic heterocycles. The van der Waals surface area contributed by atoms with Crippen LogP contribution in [0, 0.1) is 6.92 Å². The molecule has 0 bridgehead atoms. The number of nitrogens with zero attached hydrogens (tertiary/aromatic N) is 1. The summed E-state index contributed by atoms with van der Waals surface area (Å²) in [7, 11) is 0. The van der Waals surface area contributed by atoms with E-state index in [1.165, 1.54) is 0 Å². The first-order valence-corrected chi connectivity index (χ1v) is 5.83. The van der Waals surface area contributed by atoms with Gasteiger partial charge < -0.3 is 5.73 Å². The highest BCUT2D eigenvalue weighted by molar-refractivity contribution is 6.03. The van der Waals surface area contributed by atoms with Crippen molar-refractivity contribution in [2.24, 2.45) is 5.73 Å². The van der Waals surface area contributed by atoms with Crippen LogP contribution in [0.5, 0.6) is 0 Å². The number of benzene rings is 1. The van der Waals surface area contributed by atoms with Gasteiger partial charge in [0.05, 0.1) is 0 Å². The van der Waals surface area contributed by atoms with Crippen molar-refractivity contribution < 1.29 is 4.79 Å². The molecule has 1 heterocycles. The largest absolute Gasteiger partial charge is 0.315 e. The number of ketones is 1. The average molecular weight is 240 g/mol. The van der Waals surface area contributed by atoms with Crippen LogP contribution >= 0.6 is 0 Å². The normalized spacial score (nSPS) is 13.9. The number of carbonyl (C=O) groups is 1. The molecule has 0 fully saturated rings. The fourth-order valence-electron chi connectivity index (χ4n) is 1.82. The van der Waals surface area contributed by atoms with Gasteiger partial charge in [0, 0.05) is 17.5 Å². The van der Waals surface area contributed by atoms with Crippen molar-refractivity contribution in [1.82, 2.24) is 4.98 Å². The first-order chi connectivity index (χ1) is 8.51.